The van der Waals surface area contributed by atoms with E-state index in [2.05, 4.69) is 4.72 Å². The number of sulfonamides is 1. The Morgan fingerprint density at radius 1 is 1.31 bits per heavy atom. The summed E-state index contributed by atoms with van der Waals surface area (Å²) in [7, 11) is -2.14. The molecule has 1 amide bonds. The van der Waals surface area contributed by atoms with Gasteiger partial charge in [-0.25, -0.2) is 13.1 Å². The van der Waals surface area contributed by atoms with Crippen LogP contribution in [-0.2, 0) is 16.4 Å². The van der Waals surface area contributed by atoms with Crippen LogP contribution in [0.4, 0.5) is 0 Å². The normalized spacial score (nSPS) is 12.7. The Labute approximate surface area is 153 Å². The number of carbonyl (C=O) groups is 1. The first-order chi connectivity index (χ1) is 12.4. The Bertz CT molecular complexity index is 818. The maximum Gasteiger partial charge on any atom is 0.253 e. The zero-order chi connectivity index (χ0) is 19.2. The second kappa shape index (κ2) is 8.98. The number of hydrogen-bond donors (Lipinski definition) is 2. The lowest BCUT2D eigenvalue weighted by Gasteiger charge is -2.16. The van der Waals surface area contributed by atoms with E-state index in [9.17, 15) is 18.3 Å². The summed E-state index contributed by atoms with van der Waals surface area (Å²) < 4.78 is 32.8. The van der Waals surface area contributed by atoms with Crippen LogP contribution in [0.3, 0.4) is 0 Å². The van der Waals surface area contributed by atoms with Gasteiger partial charge in [-0.15, -0.1) is 0 Å². The number of amides is 1. The molecule has 7 nitrogen and oxygen atoms in total. The third-order valence-corrected chi connectivity index (χ3v) is 5.52. The lowest BCUT2D eigenvalue weighted by molar-refractivity contribution is 0.0802. The summed E-state index contributed by atoms with van der Waals surface area (Å²) in [4.78, 5) is 13.7. The van der Waals surface area contributed by atoms with Crippen molar-refractivity contribution < 1.29 is 22.7 Å². The summed E-state index contributed by atoms with van der Waals surface area (Å²) in [5, 5.41) is 9.47. The number of carbonyl (C=O) groups excluding carboxylic acids is 1. The molecule has 0 bridgehead atoms. The summed E-state index contributed by atoms with van der Waals surface area (Å²) in [6.07, 6.45) is 1.95. The van der Waals surface area contributed by atoms with Crippen LogP contribution < -0.4 is 4.72 Å². The van der Waals surface area contributed by atoms with Crippen molar-refractivity contribution in [2.45, 2.75) is 18.2 Å². The summed E-state index contributed by atoms with van der Waals surface area (Å²) >= 11 is 0. The molecular formula is C18H24N2O5S. The van der Waals surface area contributed by atoms with Crippen molar-refractivity contribution in [1.29, 1.82) is 0 Å². The maximum absolute atomic E-state index is 12.5. The molecule has 0 saturated carbocycles. The van der Waals surface area contributed by atoms with Gasteiger partial charge in [0.15, 0.2) is 0 Å². The molecule has 2 N–H and O–H groups in total. The van der Waals surface area contributed by atoms with E-state index >= 15 is 0 Å². The Morgan fingerprint density at radius 2 is 2.08 bits per heavy atom. The van der Waals surface area contributed by atoms with Crippen molar-refractivity contribution in [3.8, 4) is 0 Å². The van der Waals surface area contributed by atoms with Gasteiger partial charge < -0.3 is 14.4 Å². The zero-order valence-electron chi connectivity index (χ0n) is 14.9. The summed E-state index contributed by atoms with van der Waals surface area (Å²) in [6.45, 7) is 2.25. The third-order valence-electron chi connectivity index (χ3n) is 4.10. The van der Waals surface area contributed by atoms with Crippen LogP contribution >= 0.6 is 0 Å². The molecule has 1 heterocycles. The predicted molar refractivity (Wildman–Crippen MR) is 97.3 cm³/mol. The SMILES string of the molecule is CCN(C)C(=O)c1cccc(S(=O)(=O)NCC(CO)Cc2ccco2)c1. The molecule has 0 saturated heterocycles. The van der Waals surface area contributed by atoms with Crippen LogP contribution in [0.15, 0.2) is 52.0 Å². The van der Waals surface area contributed by atoms with Crippen LogP contribution in [0.25, 0.3) is 0 Å². The highest BCUT2D eigenvalue weighted by Gasteiger charge is 2.20. The van der Waals surface area contributed by atoms with Crippen molar-refractivity contribution in [3.63, 3.8) is 0 Å². The molecule has 1 aromatic heterocycles. The smallest absolute Gasteiger partial charge is 0.253 e. The lowest BCUT2D eigenvalue weighted by atomic mass is 10.1. The predicted octanol–water partition coefficient (Wildman–Crippen LogP) is 1.50. The van der Waals surface area contributed by atoms with Crippen molar-refractivity contribution in [1.82, 2.24) is 9.62 Å². The third kappa shape index (κ3) is 5.17. The second-order valence-electron chi connectivity index (χ2n) is 6.03. The Hall–Kier alpha value is -2.16. The molecule has 0 aliphatic rings. The van der Waals surface area contributed by atoms with Crippen LogP contribution in [0.1, 0.15) is 23.0 Å². The molecule has 8 heteroatoms. The van der Waals surface area contributed by atoms with Gasteiger partial charge in [0, 0.05) is 44.6 Å². The van der Waals surface area contributed by atoms with Gasteiger partial charge in [0.1, 0.15) is 5.76 Å². The highest BCUT2D eigenvalue weighted by atomic mass is 32.2. The molecule has 1 aromatic carbocycles. The number of furan rings is 1. The van der Waals surface area contributed by atoms with Gasteiger partial charge in [-0.2, -0.15) is 0 Å². The topological polar surface area (TPSA) is 99.9 Å². The van der Waals surface area contributed by atoms with E-state index in [4.69, 9.17) is 4.42 Å². The van der Waals surface area contributed by atoms with Crippen LogP contribution in [0, 0.1) is 5.92 Å². The molecule has 1 unspecified atom stereocenters. The Balaban J connectivity index is 2.08. The molecule has 0 aliphatic carbocycles. The standard InChI is InChI=1S/C18H24N2O5S/c1-3-20(2)18(22)15-6-4-8-17(11-15)26(23,24)19-12-14(13-21)10-16-7-5-9-25-16/h4-9,11,14,19,21H,3,10,12-13H2,1-2H3. The van der Waals surface area contributed by atoms with Gasteiger partial charge >= 0.3 is 0 Å². The average molecular weight is 380 g/mol. The fourth-order valence-corrected chi connectivity index (χ4v) is 3.55. The molecule has 0 aliphatic heterocycles. The van der Waals surface area contributed by atoms with Crippen LogP contribution in [-0.4, -0.2) is 51.1 Å². The minimum atomic E-state index is -3.80. The first kappa shape index (κ1) is 20.2. The van der Waals surface area contributed by atoms with Gasteiger partial charge in [0.05, 0.1) is 11.2 Å². The highest BCUT2D eigenvalue weighted by molar-refractivity contribution is 7.89. The van der Waals surface area contributed by atoms with Crippen LogP contribution in [0.5, 0.6) is 0 Å². The number of rotatable bonds is 9. The number of hydrogen-bond acceptors (Lipinski definition) is 5. The summed E-state index contributed by atoms with van der Waals surface area (Å²) in [5.41, 5.74) is 0.312. The largest absolute Gasteiger partial charge is 0.469 e. The Kier molecular flexibility index (Phi) is 6.96. The molecule has 2 aromatic rings. The van der Waals surface area contributed by atoms with Crippen molar-refractivity contribution in [3.05, 3.63) is 54.0 Å². The van der Waals surface area contributed by atoms with E-state index in [1.165, 1.54) is 29.4 Å². The van der Waals surface area contributed by atoms with E-state index in [-0.39, 0.29) is 29.9 Å². The zero-order valence-corrected chi connectivity index (χ0v) is 15.7. The lowest BCUT2D eigenvalue weighted by Crippen LogP contribution is -2.32. The number of benzene rings is 1. The molecule has 0 spiro atoms. The number of aliphatic hydroxyl groups is 1. The van der Waals surface area contributed by atoms with Gasteiger partial charge in [-0.1, -0.05) is 6.07 Å². The molecular weight excluding hydrogens is 356 g/mol. The van der Waals surface area contributed by atoms with E-state index in [0.717, 1.165) is 0 Å². The quantitative estimate of drug-likeness (QED) is 0.687. The molecule has 0 radical (unpaired) electrons. The molecule has 1 atom stereocenters. The molecule has 2 rings (SSSR count). The number of aliphatic hydroxyl groups excluding tert-OH is 1. The second-order valence-corrected chi connectivity index (χ2v) is 7.80. The summed E-state index contributed by atoms with van der Waals surface area (Å²) in [6, 6.07) is 9.43. The monoisotopic (exact) mass is 380 g/mol. The van der Waals surface area contributed by atoms with E-state index in [1.807, 2.05) is 6.92 Å². The van der Waals surface area contributed by atoms with Crippen molar-refractivity contribution >= 4 is 15.9 Å². The van der Waals surface area contributed by atoms with Gasteiger partial charge in [-0.05, 0) is 37.3 Å². The van der Waals surface area contributed by atoms with Gasteiger partial charge in [-0.3, -0.25) is 4.79 Å². The molecule has 26 heavy (non-hydrogen) atoms. The summed E-state index contributed by atoms with van der Waals surface area (Å²) in [5.74, 6) is 0.126. The minimum Gasteiger partial charge on any atom is -0.469 e. The number of nitrogens with one attached hydrogen (secondary N) is 1. The first-order valence-electron chi connectivity index (χ1n) is 8.35. The Morgan fingerprint density at radius 3 is 2.69 bits per heavy atom. The first-order valence-corrected chi connectivity index (χ1v) is 9.84. The number of nitrogens with zero attached hydrogens (tertiary/aromatic N) is 1. The fraction of sp³-hybridized carbons (Fsp3) is 0.389. The van der Waals surface area contributed by atoms with E-state index in [0.29, 0.717) is 24.3 Å². The maximum atomic E-state index is 12.5. The fourth-order valence-electron chi connectivity index (χ4n) is 2.39. The van der Waals surface area contributed by atoms with E-state index in [1.54, 1.807) is 25.2 Å². The van der Waals surface area contributed by atoms with Crippen molar-refractivity contribution in [2.75, 3.05) is 26.7 Å². The molecule has 142 valence electrons. The van der Waals surface area contributed by atoms with Crippen LogP contribution in [0.2, 0.25) is 0 Å². The minimum absolute atomic E-state index is 0.0162. The average Bonchev–Trinajstić information content (AvgIpc) is 3.17. The van der Waals surface area contributed by atoms with Gasteiger partial charge in [0.2, 0.25) is 10.0 Å². The van der Waals surface area contributed by atoms with Gasteiger partial charge in [0.25, 0.3) is 5.91 Å². The highest BCUT2D eigenvalue weighted by Crippen LogP contribution is 2.14. The molecule has 0 fully saturated rings. The van der Waals surface area contributed by atoms with E-state index < -0.39 is 10.0 Å². The van der Waals surface area contributed by atoms with Crippen molar-refractivity contribution in [2.24, 2.45) is 5.92 Å².